The molecular weight excluding hydrogens is 230 g/mol. The van der Waals surface area contributed by atoms with Crippen molar-refractivity contribution in [2.24, 2.45) is 5.73 Å². The van der Waals surface area contributed by atoms with Gasteiger partial charge in [0.05, 0.1) is 11.8 Å². The van der Waals surface area contributed by atoms with Crippen LogP contribution in [0.1, 0.15) is 17.5 Å². The highest BCUT2D eigenvalue weighted by atomic mass is 16.5. The summed E-state index contributed by atoms with van der Waals surface area (Å²) in [6, 6.07) is 11.0. The molecule has 0 aliphatic carbocycles. The number of nitrogens with two attached hydrogens (primary N) is 1. The van der Waals surface area contributed by atoms with Crippen LogP contribution in [0.25, 0.3) is 11.4 Å². The molecule has 0 bridgehead atoms. The number of furan rings is 1. The zero-order valence-corrected chi connectivity index (χ0v) is 9.48. The van der Waals surface area contributed by atoms with E-state index in [2.05, 4.69) is 10.1 Å². The third-order valence-corrected chi connectivity index (χ3v) is 2.65. The summed E-state index contributed by atoms with van der Waals surface area (Å²) >= 11 is 0. The van der Waals surface area contributed by atoms with Crippen LogP contribution in [0.2, 0.25) is 0 Å². The van der Waals surface area contributed by atoms with Gasteiger partial charge in [-0.25, -0.2) is 0 Å². The van der Waals surface area contributed by atoms with Gasteiger partial charge in [-0.05, 0) is 11.6 Å². The fourth-order valence-corrected chi connectivity index (χ4v) is 1.67. The lowest BCUT2D eigenvalue weighted by molar-refractivity contribution is 0.367. The van der Waals surface area contributed by atoms with Crippen LogP contribution in [0.5, 0.6) is 0 Å². The lowest BCUT2D eigenvalue weighted by atomic mass is 10.1. The van der Waals surface area contributed by atoms with Crippen molar-refractivity contribution in [3.05, 3.63) is 60.4 Å². The van der Waals surface area contributed by atoms with E-state index in [0.29, 0.717) is 11.7 Å². The summed E-state index contributed by atoms with van der Waals surface area (Å²) in [5, 5.41) is 3.88. The van der Waals surface area contributed by atoms with E-state index in [1.165, 1.54) is 0 Å². The summed E-state index contributed by atoms with van der Waals surface area (Å²) in [6.45, 7) is 0. The van der Waals surface area contributed by atoms with Gasteiger partial charge in [0, 0.05) is 0 Å². The standard InChI is InChI=1S/C13H11N3O2/c14-11(9-4-2-1-3-5-9)13-15-12(16-18-13)10-6-7-17-8-10/h1-8,11H,14H2/t11-/m1/s1. The molecule has 0 saturated heterocycles. The summed E-state index contributed by atoms with van der Waals surface area (Å²) in [7, 11) is 0. The molecule has 2 aromatic heterocycles. The maximum Gasteiger partial charge on any atom is 0.248 e. The highest BCUT2D eigenvalue weighted by Gasteiger charge is 2.17. The van der Waals surface area contributed by atoms with Crippen LogP contribution < -0.4 is 5.73 Å². The van der Waals surface area contributed by atoms with Gasteiger partial charge in [-0.3, -0.25) is 0 Å². The van der Waals surface area contributed by atoms with Gasteiger partial charge in [-0.2, -0.15) is 4.98 Å². The van der Waals surface area contributed by atoms with E-state index in [1.54, 1.807) is 18.6 Å². The summed E-state index contributed by atoms with van der Waals surface area (Å²) < 4.78 is 10.1. The first kappa shape index (κ1) is 10.7. The van der Waals surface area contributed by atoms with Crippen LogP contribution in [-0.4, -0.2) is 10.1 Å². The van der Waals surface area contributed by atoms with Gasteiger partial charge >= 0.3 is 0 Å². The molecule has 18 heavy (non-hydrogen) atoms. The highest BCUT2D eigenvalue weighted by Crippen LogP contribution is 2.21. The fraction of sp³-hybridized carbons (Fsp3) is 0.0769. The molecule has 90 valence electrons. The van der Waals surface area contributed by atoms with E-state index in [-0.39, 0.29) is 0 Å². The Morgan fingerprint density at radius 3 is 2.67 bits per heavy atom. The molecule has 0 spiro atoms. The number of rotatable bonds is 3. The second-order valence-electron chi connectivity index (χ2n) is 3.86. The smallest absolute Gasteiger partial charge is 0.248 e. The van der Waals surface area contributed by atoms with Crippen LogP contribution in [0.3, 0.4) is 0 Å². The van der Waals surface area contributed by atoms with Crippen molar-refractivity contribution < 1.29 is 8.94 Å². The lowest BCUT2D eigenvalue weighted by Gasteiger charge is -2.05. The van der Waals surface area contributed by atoms with E-state index in [1.807, 2.05) is 30.3 Å². The number of nitrogens with zero attached hydrogens (tertiary/aromatic N) is 2. The topological polar surface area (TPSA) is 78.1 Å². The average Bonchev–Trinajstić information content (AvgIpc) is 3.09. The fourth-order valence-electron chi connectivity index (χ4n) is 1.67. The Bertz CT molecular complexity index is 617. The first-order valence-corrected chi connectivity index (χ1v) is 5.51. The van der Waals surface area contributed by atoms with Gasteiger partial charge in [0.15, 0.2) is 0 Å². The van der Waals surface area contributed by atoms with Gasteiger partial charge in [-0.1, -0.05) is 35.5 Å². The predicted molar refractivity (Wildman–Crippen MR) is 64.5 cm³/mol. The molecule has 5 nitrogen and oxygen atoms in total. The van der Waals surface area contributed by atoms with Crippen LogP contribution in [-0.2, 0) is 0 Å². The van der Waals surface area contributed by atoms with Crippen molar-refractivity contribution in [2.45, 2.75) is 6.04 Å². The van der Waals surface area contributed by atoms with E-state index >= 15 is 0 Å². The molecule has 0 unspecified atom stereocenters. The van der Waals surface area contributed by atoms with Crippen LogP contribution in [0.15, 0.2) is 57.9 Å². The van der Waals surface area contributed by atoms with Crippen molar-refractivity contribution in [1.29, 1.82) is 0 Å². The number of aromatic nitrogens is 2. The Hall–Kier alpha value is -2.40. The monoisotopic (exact) mass is 241 g/mol. The molecule has 0 saturated carbocycles. The molecule has 0 amide bonds. The normalized spacial score (nSPS) is 12.5. The van der Waals surface area contributed by atoms with E-state index in [4.69, 9.17) is 14.7 Å². The third kappa shape index (κ3) is 1.91. The van der Waals surface area contributed by atoms with Crippen LogP contribution in [0.4, 0.5) is 0 Å². The van der Waals surface area contributed by atoms with Crippen molar-refractivity contribution >= 4 is 0 Å². The molecule has 5 heteroatoms. The van der Waals surface area contributed by atoms with Gasteiger partial charge in [0.2, 0.25) is 11.7 Å². The minimum absolute atomic E-state index is 0.386. The molecule has 2 N–H and O–H groups in total. The third-order valence-electron chi connectivity index (χ3n) is 2.65. The van der Waals surface area contributed by atoms with Crippen molar-refractivity contribution in [2.75, 3.05) is 0 Å². The highest BCUT2D eigenvalue weighted by molar-refractivity contribution is 5.51. The zero-order valence-electron chi connectivity index (χ0n) is 9.48. The van der Waals surface area contributed by atoms with E-state index < -0.39 is 6.04 Å². The molecule has 0 aliphatic heterocycles. The van der Waals surface area contributed by atoms with E-state index in [9.17, 15) is 0 Å². The van der Waals surface area contributed by atoms with Crippen molar-refractivity contribution in [3.63, 3.8) is 0 Å². The van der Waals surface area contributed by atoms with E-state index in [0.717, 1.165) is 11.1 Å². The Balaban J connectivity index is 1.90. The predicted octanol–water partition coefficient (Wildman–Crippen LogP) is 2.38. The summed E-state index contributed by atoms with van der Waals surface area (Å²) in [6.07, 6.45) is 3.12. The summed E-state index contributed by atoms with van der Waals surface area (Å²) in [5.74, 6) is 0.863. The molecule has 1 aromatic carbocycles. The quantitative estimate of drug-likeness (QED) is 0.761. The molecule has 3 rings (SSSR count). The molecule has 2 heterocycles. The maximum atomic E-state index is 6.06. The Kier molecular flexibility index (Phi) is 2.66. The van der Waals surface area contributed by atoms with Gasteiger partial charge in [0.1, 0.15) is 12.3 Å². The van der Waals surface area contributed by atoms with Crippen LogP contribution >= 0.6 is 0 Å². The SMILES string of the molecule is N[C@H](c1ccccc1)c1nc(-c2ccoc2)no1. The maximum absolute atomic E-state index is 6.06. The van der Waals surface area contributed by atoms with Gasteiger partial charge in [-0.15, -0.1) is 0 Å². The Morgan fingerprint density at radius 2 is 1.94 bits per heavy atom. The van der Waals surface area contributed by atoms with Crippen molar-refractivity contribution in [3.8, 4) is 11.4 Å². The lowest BCUT2D eigenvalue weighted by Crippen LogP contribution is -2.11. The number of benzene rings is 1. The molecule has 0 radical (unpaired) electrons. The largest absolute Gasteiger partial charge is 0.472 e. The molecule has 3 aromatic rings. The zero-order chi connectivity index (χ0) is 12.4. The minimum Gasteiger partial charge on any atom is -0.472 e. The van der Waals surface area contributed by atoms with Crippen LogP contribution in [0, 0.1) is 0 Å². The first-order chi connectivity index (χ1) is 8.84. The first-order valence-electron chi connectivity index (χ1n) is 5.51. The second kappa shape index (κ2) is 4.46. The molecular formula is C13H11N3O2. The van der Waals surface area contributed by atoms with Gasteiger partial charge < -0.3 is 14.7 Å². The summed E-state index contributed by atoms with van der Waals surface area (Å²) in [5.41, 5.74) is 7.76. The van der Waals surface area contributed by atoms with Gasteiger partial charge in [0.25, 0.3) is 0 Å². The number of hydrogen-bond acceptors (Lipinski definition) is 5. The van der Waals surface area contributed by atoms with Crippen molar-refractivity contribution in [1.82, 2.24) is 10.1 Å². The second-order valence-corrected chi connectivity index (χ2v) is 3.86. The summed E-state index contributed by atoms with van der Waals surface area (Å²) in [4.78, 5) is 4.27. The average molecular weight is 241 g/mol. The minimum atomic E-state index is -0.417. The number of hydrogen-bond donors (Lipinski definition) is 1. The molecule has 0 fully saturated rings. The molecule has 1 atom stereocenters. The Morgan fingerprint density at radius 1 is 1.11 bits per heavy atom. The molecule has 0 aliphatic rings. The Labute approximate surface area is 103 Å².